The maximum absolute atomic E-state index is 10.7. The molecule has 0 amide bonds. The van der Waals surface area contributed by atoms with Crippen LogP contribution in [0, 0.1) is 0 Å². The van der Waals surface area contributed by atoms with E-state index in [9.17, 15) is 4.79 Å². The summed E-state index contributed by atoms with van der Waals surface area (Å²) in [6.45, 7) is 9.08. The summed E-state index contributed by atoms with van der Waals surface area (Å²) in [5.74, 6) is 0.0514. The number of rotatable bonds is 11. The van der Waals surface area contributed by atoms with Crippen LogP contribution in [0.15, 0.2) is 5.16 Å². The summed E-state index contributed by atoms with van der Waals surface area (Å²) in [4.78, 5) is 13.0. The number of unbranched alkanes of at least 4 members (excludes halogenated alkanes) is 2. The molecule has 0 saturated carbocycles. The first-order valence-corrected chi connectivity index (χ1v) is 8.65. The highest BCUT2D eigenvalue weighted by Crippen LogP contribution is 2.22. The fraction of sp³-hybridized carbons (Fsp3) is 0.786. The van der Waals surface area contributed by atoms with E-state index < -0.39 is 5.97 Å². The van der Waals surface area contributed by atoms with Crippen molar-refractivity contribution in [1.82, 2.24) is 14.8 Å². The predicted molar refractivity (Wildman–Crippen MR) is 86.1 cm³/mol. The highest BCUT2D eigenvalue weighted by molar-refractivity contribution is 7.99. The second-order valence-corrected chi connectivity index (χ2v) is 5.85. The van der Waals surface area contributed by atoms with Gasteiger partial charge in [-0.2, -0.15) is 0 Å². The Hall–Kier alpha value is -1.24. The first-order valence-electron chi connectivity index (χ1n) is 7.66. The normalized spacial score (nSPS) is 10.8. The van der Waals surface area contributed by atoms with Crippen molar-refractivity contribution in [3.63, 3.8) is 0 Å². The lowest BCUT2D eigenvalue weighted by molar-refractivity contribution is -0.133. The molecule has 1 N–H and O–H groups in total. The zero-order chi connectivity index (χ0) is 15.7. The third kappa shape index (κ3) is 5.57. The van der Waals surface area contributed by atoms with Gasteiger partial charge in [-0.05, 0) is 19.8 Å². The molecule has 0 aliphatic rings. The van der Waals surface area contributed by atoms with Crippen LogP contribution >= 0.6 is 11.8 Å². The molecular weight excluding hydrogens is 288 g/mol. The van der Waals surface area contributed by atoms with E-state index in [4.69, 9.17) is 5.11 Å². The lowest BCUT2D eigenvalue weighted by atomic mass is 10.3. The number of carboxylic acids is 1. The van der Waals surface area contributed by atoms with Gasteiger partial charge < -0.3 is 10.0 Å². The van der Waals surface area contributed by atoms with Crippen LogP contribution in [0.3, 0.4) is 0 Å². The van der Waals surface area contributed by atoms with Gasteiger partial charge >= 0.3 is 5.97 Å². The van der Waals surface area contributed by atoms with Crippen molar-refractivity contribution >= 4 is 23.7 Å². The molecule has 1 rings (SSSR count). The Labute approximate surface area is 130 Å². The molecule has 0 saturated heterocycles. The minimum Gasteiger partial charge on any atom is -0.481 e. The van der Waals surface area contributed by atoms with E-state index in [1.54, 1.807) is 0 Å². The Morgan fingerprint density at radius 3 is 2.29 bits per heavy atom. The van der Waals surface area contributed by atoms with Gasteiger partial charge in [0.1, 0.15) is 0 Å². The highest BCUT2D eigenvalue weighted by atomic mass is 32.2. The quantitative estimate of drug-likeness (QED) is 0.633. The molecule has 0 radical (unpaired) electrons. The SMILES string of the molecule is CCCCN(CCCC)c1nnc(SCC(=O)O)n1CC. The molecule has 0 aliphatic carbocycles. The zero-order valence-electron chi connectivity index (χ0n) is 13.2. The van der Waals surface area contributed by atoms with Crippen molar-refractivity contribution in [1.29, 1.82) is 0 Å². The lowest BCUT2D eigenvalue weighted by Crippen LogP contribution is -2.28. The molecule has 1 aromatic heterocycles. The molecule has 1 heterocycles. The molecule has 1 aromatic rings. The first kappa shape index (κ1) is 17.8. The molecule has 21 heavy (non-hydrogen) atoms. The van der Waals surface area contributed by atoms with Gasteiger partial charge in [0.2, 0.25) is 5.95 Å². The largest absolute Gasteiger partial charge is 0.481 e. The number of carboxylic acid groups (broad SMARTS) is 1. The van der Waals surface area contributed by atoms with Crippen LogP contribution in [0.25, 0.3) is 0 Å². The van der Waals surface area contributed by atoms with E-state index in [-0.39, 0.29) is 5.75 Å². The summed E-state index contributed by atoms with van der Waals surface area (Å²) in [6, 6.07) is 0. The maximum Gasteiger partial charge on any atom is 0.313 e. The second kappa shape index (κ2) is 9.65. The monoisotopic (exact) mass is 314 g/mol. The second-order valence-electron chi connectivity index (χ2n) is 4.90. The van der Waals surface area contributed by atoms with Crippen molar-refractivity contribution in [2.45, 2.75) is 58.2 Å². The van der Waals surface area contributed by atoms with Crippen LogP contribution in [0.1, 0.15) is 46.5 Å². The molecule has 0 unspecified atom stereocenters. The number of aromatic nitrogens is 3. The predicted octanol–water partition coefficient (Wildman–Crippen LogP) is 2.88. The van der Waals surface area contributed by atoms with Crippen LogP contribution in [-0.4, -0.2) is 44.7 Å². The number of carbonyl (C=O) groups is 1. The van der Waals surface area contributed by atoms with E-state index in [2.05, 4.69) is 28.9 Å². The molecule has 0 fully saturated rings. The van der Waals surface area contributed by atoms with Gasteiger partial charge in [-0.15, -0.1) is 10.2 Å². The fourth-order valence-corrected chi connectivity index (χ4v) is 2.75. The average molecular weight is 314 g/mol. The van der Waals surface area contributed by atoms with Gasteiger partial charge in [-0.1, -0.05) is 38.5 Å². The maximum atomic E-state index is 10.7. The van der Waals surface area contributed by atoms with Crippen molar-refractivity contribution in [2.75, 3.05) is 23.7 Å². The van der Waals surface area contributed by atoms with Gasteiger partial charge in [0.25, 0.3) is 0 Å². The molecular formula is C14H26N4O2S. The molecule has 0 bridgehead atoms. The summed E-state index contributed by atoms with van der Waals surface area (Å²) >= 11 is 1.23. The van der Waals surface area contributed by atoms with E-state index in [0.717, 1.165) is 51.3 Å². The van der Waals surface area contributed by atoms with E-state index >= 15 is 0 Å². The summed E-state index contributed by atoms with van der Waals surface area (Å²) in [6.07, 6.45) is 4.53. The van der Waals surface area contributed by atoms with Crippen LogP contribution in [-0.2, 0) is 11.3 Å². The fourth-order valence-electron chi connectivity index (χ4n) is 2.03. The number of hydrogen-bond acceptors (Lipinski definition) is 5. The van der Waals surface area contributed by atoms with Gasteiger partial charge in [0.15, 0.2) is 5.16 Å². The smallest absolute Gasteiger partial charge is 0.313 e. The Kier molecular flexibility index (Phi) is 8.19. The molecule has 0 aromatic carbocycles. The number of hydrogen-bond donors (Lipinski definition) is 1. The van der Waals surface area contributed by atoms with Crippen LogP contribution in [0.2, 0.25) is 0 Å². The van der Waals surface area contributed by atoms with Crippen molar-refractivity contribution < 1.29 is 9.90 Å². The molecule has 6 nitrogen and oxygen atoms in total. The van der Waals surface area contributed by atoms with Crippen molar-refractivity contribution in [3.8, 4) is 0 Å². The Morgan fingerprint density at radius 2 is 1.81 bits per heavy atom. The minimum atomic E-state index is -0.832. The van der Waals surface area contributed by atoms with Crippen LogP contribution in [0.5, 0.6) is 0 Å². The molecule has 0 atom stereocenters. The van der Waals surface area contributed by atoms with Gasteiger partial charge in [-0.3, -0.25) is 9.36 Å². The summed E-state index contributed by atoms with van der Waals surface area (Å²) in [5, 5.41) is 17.9. The topological polar surface area (TPSA) is 71.2 Å². The Bertz CT molecular complexity index is 429. The lowest BCUT2D eigenvalue weighted by Gasteiger charge is -2.23. The molecule has 7 heteroatoms. The molecule has 0 spiro atoms. The number of nitrogens with zero attached hydrogens (tertiary/aromatic N) is 4. The van der Waals surface area contributed by atoms with Crippen LogP contribution in [0.4, 0.5) is 5.95 Å². The van der Waals surface area contributed by atoms with Crippen LogP contribution < -0.4 is 4.90 Å². The summed E-state index contributed by atoms with van der Waals surface area (Å²) in [5.41, 5.74) is 0. The van der Waals surface area contributed by atoms with Gasteiger partial charge in [0.05, 0.1) is 5.75 Å². The Morgan fingerprint density at radius 1 is 1.19 bits per heavy atom. The molecule has 0 aliphatic heterocycles. The van der Waals surface area contributed by atoms with E-state index in [1.807, 2.05) is 11.5 Å². The summed E-state index contributed by atoms with van der Waals surface area (Å²) < 4.78 is 2.01. The van der Waals surface area contributed by atoms with Gasteiger partial charge in [0, 0.05) is 19.6 Å². The number of anilines is 1. The minimum absolute atomic E-state index is 0.0159. The summed E-state index contributed by atoms with van der Waals surface area (Å²) in [7, 11) is 0. The van der Waals surface area contributed by atoms with Crippen molar-refractivity contribution in [3.05, 3.63) is 0 Å². The van der Waals surface area contributed by atoms with E-state index in [0.29, 0.717) is 5.16 Å². The number of aliphatic carboxylic acids is 1. The number of thioether (sulfide) groups is 1. The standard InChI is InChI=1S/C14H26N4O2S/c1-4-7-9-17(10-8-5-2)13-15-16-14(18(13)6-3)21-11-12(19)20/h4-11H2,1-3H3,(H,19,20). The highest BCUT2D eigenvalue weighted by Gasteiger charge is 2.17. The molecule has 120 valence electrons. The third-order valence-corrected chi connectivity index (χ3v) is 4.14. The third-order valence-electron chi connectivity index (χ3n) is 3.18. The van der Waals surface area contributed by atoms with Crippen molar-refractivity contribution in [2.24, 2.45) is 0 Å². The van der Waals surface area contributed by atoms with Gasteiger partial charge in [-0.25, -0.2) is 0 Å². The zero-order valence-corrected chi connectivity index (χ0v) is 14.0. The Balaban J connectivity index is 2.87. The first-order chi connectivity index (χ1) is 10.1. The average Bonchev–Trinajstić information content (AvgIpc) is 2.88. The van der Waals surface area contributed by atoms with E-state index in [1.165, 1.54) is 11.8 Å².